The molecule has 2 heteroatoms. The van der Waals surface area contributed by atoms with Crippen LogP contribution in [0.4, 0.5) is 0 Å². The van der Waals surface area contributed by atoms with Crippen LogP contribution in [0.2, 0.25) is 0 Å². The van der Waals surface area contributed by atoms with Crippen molar-refractivity contribution in [3.05, 3.63) is 0 Å². The van der Waals surface area contributed by atoms with Gasteiger partial charge in [0.15, 0.2) is 0 Å². The van der Waals surface area contributed by atoms with E-state index in [1.807, 2.05) is 0 Å². The number of aliphatic hydroxyl groups is 1. The highest BCUT2D eigenvalue weighted by molar-refractivity contribution is 4.64. The van der Waals surface area contributed by atoms with Gasteiger partial charge in [-0.1, -0.05) is 20.8 Å². The quantitative estimate of drug-likeness (QED) is 0.717. The first kappa shape index (κ1) is 13.9. The monoisotopic (exact) mass is 202 g/mol. The van der Waals surface area contributed by atoms with Crippen molar-refractivity contribution in [2.45, 2.75) is 66.1 Å². The lowest BCUT2D eigenvalue weighted by Gasteiger charge is -2.21. The third-order valence-corrected chi connectivity index (χ3v) is 2.24. The van der Waals surface area contributed by atoms with E-state index < -0.39 is 0 Å². The van der Waals surface area contributed by atoms with Crippen LogP contribution in [0.5, 0.6) is 0 Å². The molecule has 0 heterocycles. The Hall–Kier alpha value is -0.0800. The highest BCUT2D eigenvalue weighted by Crippen LogP contribution is 2.22. The Morgan fingerprint density at radius 1 is 1.14 bits per heavy atom. The summed E-state index contributed by atoms with van der Waals surface area (Å²) in [4.78, 5) is 0. The number of hydrogen-bond acceptors (Lipinski definition) is 2. The molecule has 0 fully saturated rings. The molecule has 2 unspecified atom stereocenters. The third-order valence-electron chi connectivity index (χ3n) is 2.24. The highest BCUT2D eigenvalue weighted by atomic mass is 16.5. The molecular weight excluding hydrogens is 176 g/mol. The van der Waals surface area contributed by atoms with Gasteiger partial charge in [0.2, 0.25) is 0 Å². The lowest BCUT2D eigenvalue weighted by molar-refractivity contribution is 0.0316. The van der Waals surface area contributed by atoms with Crippen LogP contribution in [0.1, 0.15) is 53.9 Å². The maximum absolute atomic E-state index is 9.04. The summed E-state index contributed by atoms with van der Waals surface area (Å²) in [5, 5.41) is 9.04. The van der Waals surface area contributed by atoms with Crippen LogP contribution >= 0.6 is 0 Å². The minimum absolute atomic E-state index is 0.246. The first-order chi connectivity index (χ1) is 6.31. The van der Waals surface area contributed by atoms with Gasteiger partial charge in [0.05, 0.1) is 12.2 Å². The summed E-state index contributed by atoms with van der Waals surface area (Å²) in [6, 6.07) is 0. The van der Waals surface area contributed by atoms with E-state index in [1.54, 1.807) is 6.92 Å². The standard InChI is InChI=1S/C12H26O2/c1-10(13)7-9-14-11(2)6-8-12(3,4)5/h10-11,13H,6-9H2,1-5H3. The van der Waals surface area contributed by atoms with Gasteiger partial charge >= 0.3 is 0 Å². The van der Waals surface area contributed by atoms with Gasteiger partial charge in [0, 0.05) is 6.61 Å². The van der Waals surface area contributed by atoms with Crippen LogP contribution < -0.4 is 0 Å². The molecule has 0 bridgehead atoms. The van der Waals surface area contributed by atoms with E-state index in [9.17, 15) is 0 Å². The van der Waals surface area contributed by atoms with Crippen molar-refractivity contribution in [1.29, 1.82) is 0 Å². The zero-order valence-corrected chi connectivity index (χ0v) is 10.3. The van der Waals surface area contributed by atoms with E-state index in [2.05, 4.69) is 27.7 Å². The fourth-order valence-electron chi connectivity index (χ4n) is 1.16. The van der Waals surface area contributed by atoms with Crippen molar-refractivity contribution in [1.82, 2.24) is 0 Å². The normalized spacial score (nSPS) is 16.7. The molecule has 0 aliphatic carbocycles. The smallest absolute Gasteiger partial charge is 0.0547 e. The summed E-state index contributed by atoms with van der Waals surface area (Å²) >= 11 is 0. The van der Waals surface area contributed by atoms with Crippen LogP contribution in [0.25, 0.3) is 0 Å². The van der Waals surface area contributed by atoms with Crippen LogP contribution in [0.3, 0.4) is 0 Å². The molecule has 2 atom stereocenters. The predicted octanol–water partition coefficient (Wildman–Crippen LogP) is 2.99. The van der Waals surface area contributed by atoms with Crippen molar-refractivity contribution in [3.63, 3.8) is 0 Å². The van der Waals surface area contributed by atoms with Crippen LogP contribution in [-0.2, 0) is 4.74 Å². The van der Waals surface area contributed by atoms with Crippen LogP contribution in [0, 0.1) is 5.41 Å². The number of ether oxygens (including phenoxy) is 1. The number of hydrogen-bond donors (Lipinski definition) is 1. The van der Waals surface area contributed by atoms with Crippen LogP contribution in [-0.4, -0.2) is 23.9 Å². The molecule has 0 amide bonds. The van der Waals surface area contributed by atoms with Gasteiger partial charge in [-0.15, -0.1) is 0 Å². The number of rotatable bonds is 6. The molecule has 0 aliphatic heterocycles. The first-order valence-electron chi connectivity index (χ1n) is 5.61. The van der Waals surface area contributed by atoms with Gasteiger partial charge in [0.1, 0.15) is 0 Å². The van der Waals surface area contributed by atoms with E-state index >= 15 is 0 Å². The molecule has 1 N–H and O–H groups in total. The summed E-state index contributed by atoms with van der Waals surface area (Å²) in [6.45, 7) is 11.3. The van der Waals surface area contributed by atoms with E-state index in [-0.39, 0.29) is 6.10 Å². The molecule has 14 heavy (non-hydrogen) atoms. The second-order valence-electron chi connectivity index (χ2n) is 5.42. The average molecular weight is 202 g/mol. The Morgan fingerprint density at radius 3 is 2.14 bits per heavy atom. The molecule has 0 aromatic heterocycles. The second-order valence-corrected chi connectivity index (χ2v) is 5.42. The molecule has 2 nitrogen and oxygen atoms in total. The van der Waals surface area contributed by atoms with Crippen molar-refractivity contribution in [2.24, 2.45) is 5.41 Å². The summed E-state index contributed by atoms with van der Waals surface area (Å²) in [5.74, 6) is 0. The van der Waals surface area contributed by atoms with Gasteiger partial charge in [-0.3, -0.25) is 0 Å². The predicted molar refractivity (Wildman–Crippen MR) is 60.4 cm³/mol. The lowest BCUT2D eigenvalue weighted by Crippen LogP contribution is -2.16. The SMILES string of the molecule is CC(O)CCOC(C)CCC(C)(C)C. The lowest BCUT2D eigenvalue weighted by atomic mass is 9.89. The van der Waals surface area contributed by atoms with Gasteiger partial charge in [0.25, 0.3) is 0 Å². The molecule has 0 aromatic rings. The minimum atomic E-state index is -0.246. The maximum atomic E-state index is 9.04. The largest absolute Gasteiger partial charge is 0.393 e. The second kappa shape index (κ2) is 6.41. The van der Waals surface area contributed by atoms with Crippen molar-refractivity contribution < 1.29 is 9.84 Å². The minimum Gasteiger partial charge on any atom is -0.393 e. The van der Waals surface area contributed by atoms with Crippen molar-refractivity contribution >= 4 is 0 Å². The molecule has 86 valence electrons. The topological polar surface area (TPSA) is 29.5 Å². The van der Waals surface area contributed by atoms with E-state index in [4.69, 9.17) is 9.84 Å². The van der Waals surface area contributed by atoms with Crippen molar-refractivity contribution in [3.8, 4) is 0 Å². The van der Waals surface area contributed by atoms with E-state index in [0.717, 1.165) is 12.8 Å². The van der Waals surface area contributed by atoms with E-state index in [1.165, 1.54) is 6.42 Å². The summed E-state index contributed by atoms with van der Waals surface area (Å²) in [5.41, 5.74) is 0.391. The third kappa shape index (κ3) is 10.0. The molecule has 0 radical (unpaired) electrons. The Morgan fingerprint density at radius 2 is 1.71 bits per heavy atom. The Kier molecular flexibility index (Phi) is 6.38. The van der Waals surface area contributed by atoms with E-state index in [0.29, 0.717) is 18.1 Å². The fraction of sp³-hybridized carbons (Fsp3) is 1.00. The highest BCUT2D eigenvalue weighted by Gasteiger charge is 2.12. The van der Waals surface area contributed by atoms with Crippen LogP contribution in [0.15, 0.2) is 0 Å². The zero-order chi connectivity index (χ0) is 11.2. The van der Waals surface area contributed by atoms with Gasteiger partial charge in [-0.05, 0) is 38.5 Å². The summed E-state index contributed by atoms with van der Waals surface area (Å²) in [6.07, 6.45) is 3.09. The maximum Gasteiger partial charge on any atom is 0.0547 e. The molecule has 0 saturated carbocycles. The fourth-order valence-corrected chi connectivity index (χ4v) is 1.16. The average Bonchev–Trinajstić information content (AvgIpc) is 1.99. The molecule has 0 aromatic carbocycles. The molecule has 0 rings (SSSR count). The Bertz CT molecular complexity index is 136. The Balaban J connectivity index is 3.42. The summed E-state index contributed by atoms with van der Waals surface area (Å²) < 4.78 is 5.59. The zero-order valence-electron chi connectivity index (χ0n) is 10.3. The van der Waals surface area contributed by atoms with Gasteiger partial charge in [-0.25, -0.2) is 0 Å². The van der Waals surface area contributed by atoms with Gasteiger partial charge < -0.3 is 9.84 Å². The number of aliphatic hydroxyl groups excluding tert-OH is 1. The molecule has 0 spiro atoms. The summed E-state index contributed by atoms with van der Waals surface area (Å²) in [7, 11) is 0. The Labute approximate surface area is 88.7 Å². The molecule has 0 saturated heterocycles. The van der Waals surface area contributed by atoms with Crippen molar-refractivity contribution in [2.75, 3.05) is 6.61 Å². The molecule has 0 aliphatic rings. The first-order valence-corrected chi connectivity index (χ1v) is 5.61. The molecular formula is C12H26O2. The van der Waals surface area contributed by atoms with Gasteiger partial charge in [-0.2, -0.15) is 0 Å².